The van der Waals surface area contributed by atoms with Crippen molar-refractivity contribution in [3.63, 3.8) is 0 Å². The number of aliphatic imine (C=N–C) groups is 1. The minimum absolute atomic E-state index is 0.0343. The summed E-state index contributed by atoms with van der Waals surface area (Å²) in [7, 11) is 0. The smallest absolute Gasteiger partial charge is 0.202 e. The molecule has 0 amide bonds. The average Bonchev–Trinajstić information content (AvgIpc) is 2.62. The Morgan fingerprint density at radius 1 is 0.958 bits per heavy atom. The van der Waals surface area contributed by atoms with Crippen molar-refractivity contribution in [3.8, 4) is 5.75 Å². The average molecular weight is 331 g/mol. The van der Waals surface area contributed by atoms with E-state index in [1.54, 1.807) is 0 Å². The Hall–Kier alpha value is -2.23. The van der Waals surface area contributed by atoms with Gasteiger partial charge in [0.25, 0.3) is 0 Å². The van der Waals surface area contributed by atoms with Gasteiger partial charge in [-0.05, 0) is 36.1 Å². The van der Waals surface area contributed by atoms with E-state index in [0.717, 1.165) is 31.2 Å². The van der Waals surface area contributed by atoms with Crippen LogP contribution in [0.15, 0.2) is 41.4 Å². The number of halogens is 2. The van der Waals surface area contributed by atoms with Gasteiger partial charge in [0.05, 0.1) is 6.61 Å². The van der Waals surface area contributed by atoms with Gasteiger partial charge in [-0.15, -0.1) is 0 Å². The van der Waals surface area contributed by atoms with E-state index in [2.05, 4.69) is 18.8 Å². The summed E-state index contributed by atoms with van der Waals surface area (Å²) in [5, 5.41) is 0. The molecule has 0 N–H and O–H groups in total. The second kappa shape index (κ2) is 9.16. The molecule has 0 spiro atoms. The summed E-state index contributed by atoms with van der Waals surface area (Å²) >= 11 is 0. The van der Waals surface area contributed by atoms with Gasteiger partial charge in [-0.1, -0.05) is 51.0 Å². The number of nitrogens with zero attached hydrogens (tertiary/aromatic N) is 1. The van der Waals surface area contributed by atoms with Gasteiger partial charge in [0, 0.05) is 6.21 Å². The van der Waals surface area contributed by atoms with Crippen LogP contribution in [0.3, 0.4) is 0 Å². The first kappa shape index (κ1) is 18.1. The largest absolute Gasteiger partial charge is 0.490 e. The summed E-state index contributed by atoms with van der Waals surface area (Å²) in [6.07, 6.45) is 5.36. The van der Waals surface area contributed by atoms with Crippen molar-refractivity contribution in [1.82, 2.24) is 0 Å². The van der Waals surface area contributed by atoms with Crippen LogP contribution in [0.5, 0.6) is 5.75 Å². The molecule has 0 aliphatic heterocycles. The van der Waals surface area contributed by atoms with Crippen LogP contribution >= 0.6 is 0 Å². The lowest BCUT2D eigenvalue weighted by Gasteiger charge is -2.08. The Labute approximate surface area is 142 Å². The molecule has 2 aromatic rings. The number of unbranched alkanes of at least 4 members (excludes halogenated alkanes) is 2. The van der Waals surface area contributed by atoms with Gasteiger partial charge in [-0.25, -0.2) is 4.39 Å². The fraction of sp³-hybridized carbons (Fsp3) is 0.350. The summed E-state index contributed by atoms with van der Waals surface area (Å²) in [6, 6.07) is 10.7. The lowest BCUT2D eigenvalue weighted by atomic mass is 10.1. The summed E-state index contributed by atoms with van der Waals surface area (Å²) in [4.78, 5) is 4.05. The van der Waals surface area contributed by atoms with Crippen molar-refractivity contribution in [1.29, 1.82) is 0 Å². The fourth-order valence-electron chi connectivity index (χ4n) is 2.25. The monoisotopic (exact) mass is 331 g/mol. The Kier molecular flexibility index (Phi) is 6.91. The SMILES string of the molecule is CCCCCOc1ccc(/N=C/c2ccc(CC)cc2)c(F)c1F. The predicted octanol–water partition coefficient (Wildman–Crippen LogP) is 5.85. The van der Waals surface area contributed by atoms with Gasteiger partial charge < -0.3 is 4.74 Å². The summed E-state index contributed by atoms with van der Waals surface area (Å²) in [5.41, 5.74) is 2.02. The number of hydrogen-bond acceptors (Lipinski definition) is 2. The van der Waals surface area contributed by atoms with Crippen LogP contribution in [0.2, 0.25) is 0 Å². The zero-order valence-electron chi connectivity index (χ0n) is 14.2. The quantitative estimate of drug-likeness (QED) is 0.439. The number of benzene rings is 2. The molecule has 2 nitrogen and oxygen atoms in total. The molecular weight excluding hydrogens is 308 g/mol. The Morgan fingerprint density at radius 3 is 2.38 bits per heavy atom. The first-order valence-electron chi connectivity index (χ1n) is 8.39. The van der Waals surface area contributed by atoms with Crippen LogP contribution in [-0.2, 0) is 6.42 Å². The van der Waals surface area contributed by atoms with E-state index in [9.17, 15) is 8.78 Å². The molecule has 0 radical (unpaired) electrons. The molecule has 0 aliphatic carbocycles. The summed E-state index contributed by atoms with van der Waals surface area (Å²) in [6.45, 7) is 4.53. The highest BCUT2D eigenvalue weighted by Crippen LogP contribution is 2.28. The van der Waals surface area contributed by atoms with Crippen molar-refractivity contribution >= 4 is 11.9 Å². The lowest BCUT2D eigenvalue weighted by molar-refractivity contribution is 0.286. The van der Waals surface area contributed by atoms with Crippen LogP contribution in [0.4, 0.5) is 14.5 Å². The molecule has 0 saturated heterocycles. The fourth-order valence-corrected chi connectivity index (χ4v) is 2.25. The summed E-state index contributed by atoms with van der Waals surface area (Å²) < 4.78 is 33.4. The second-order valence-electron chi connectivity index (χ2n) is 5.62. The van der Waals surface area contributed by atoms with Crippen molar-refractivity contribution in [2.45, 2.75) is 39.5 Å². The molecule has 2 rings (SSSR count). The topological polar surface area (TPSA) is 21.6 Å². The maximum atomic E-state index is 14.1. The van der Waals surface area contributed by atoms with Gasteiger partial charge in [-0.3, -0.25) is 4.99 Å². The second-order valence-corrected chi connectivity index (χ2v) is 5.62. The van der Waals surface area contributed by atoms with Crippen molar-refractivity contribution in [2.75, 3.05) is 6.61 Å². The molecule has 0 atom stereocenters. The van der Waals surface area contributed by atoms with Crippen LogP contribution < -0.4 is 4.74 Å². The highest BCUT2D eigenvalue weighted by atomic mass is 19.2. The standard InChI is InChI=1S/C20H23F2NO/c1-3-5-6-13-24-18-12-11-17(19(21)20(18)22)23-14-16-9-7-15(4-2)8-10-16/h7-12,14H,3-6,13H2,1-2H3/b23-14+. The Bertz CT molecular complexity index is 681. The van der Waals surface area contributed by atoms with E-state index in [4.69, 9.17) is 4.74 Å². The molecule has 0 aromatic heterocycles. The van der Waals surface area contributed by atoms with E-state index in [-0.39, 0.29) is 11.4 Å². The highest BCUT2D eigenvalue weighted by molar-refractivity contribution is 5.82. The van der Waals surface area contributed by atoms with Gasteiger partial charge in [0.2, 0.25) is 5.82 Å². The number of aryl methyl sites for hydroxylation is 1. The third-order valence-electron chi connectivity index (χ3n) is 3.77. The van der Waals surface area contributed by atoms with Crippen molar-refractivity contribution in [2.24, 2.45) is 4.99 Å². The van der Waals surface area contributed by atoms with Crippen molar-refractivity contribution in [3.05, 3.63) is 59.2 Å². The molecule has 128 valence electrons. The van der Waals surface area contributed by atoms with Gasteiger partial charge >= 0.3 is 0 Å². The zero-order chi connectivity index (χ0) is 17.4. The van der Waals surface area contributed by atoms with E-state index in [1.165, 1.54) is 23.9 Å². The first-order chi connectivity index (χ1) is 11.7. The third-order valence-corrected chi connectivity index (χ3v) is 3.77. The molecule has 0 saturated carbocycles. The van der Waals surface area contributed by atoms with E-state index < -0.39 is 11.6 Å². The first-order valence-corrected chi connectivity index (χ1v) is 8.39. The van der Waals surface area contributed by atoms with Gasteiger partial charge in [-0.2, -0.15) is 4.39 Å². The van der Waals surface area contributed by atoms with Crippen molar-refractivity contribution < 1.29 is 13.5 Å². The molecule has 0 bridgehead atoms. The lowest BCUT2D eigenvalue weighted by Crippen LogP contribution is -2.00. The molecule has 0 fully saturated rings. The van der Waals surface area contributed by atoms with Crippen LogP contribution in [0, 0.1) is 11.6 Å². The van der Waals surface area contributed by atoms with Crippen LogP contribution in [0.25, 0.3) is 0 Å². The Morgan fingerprint density at radius 2 is 1.71 bits per heavy atom. The minimum Gasteiger partial charge on any atom is -0.490 e. The highest BCUT2D eigenvalue weighted by Gasteiger charge is 2.13. The number of hydrogen-bond donors (Lipinski definition) is 0. The third kappa shape index (κ3) is 4.88. The molecule has 0 aliphatic rings. The van der Waals surface area contributed by atoms with Crippen LogP contribution in [-0.4, -0.2) is 12.8 Å². The molecule has 0 heterocycles. The van der Waals surface area contributed by atoms with Gasteiger partial charge in [0.15, 0.2) is 11.6 Å². The molecule has 2 aromatic carbocycles. The molecule has 24 heavy (non-hydrogen) atoms. The molecular formula is C20H23F2NO. The zero-order valence-corrected chi connectivity index (χ0v) is 14.2. The molecule has 4 heteroatoms. The number of rotatable bonds is 8. The van der Waals surface area contributed by atoms with E-state index in [1.807, 2.05) is 24.3 Å². The maximum absolute atomic E-state index is 14.1. The maximum Gasteiger partial charge on any atom is 0.202 e. The van der Waals surface area contributed by atoms with E-state index >= 15 is 0 Å². The minimum atomic E-state index is -0.984. The van der Waals surface area contributed by atoms with E-state index in [0.29, 0.717) is 6.61 Å². The predicted molar refractivity (Wildman–Crippen MR) is 94.5 cm³/mol. The van der Waals surface area contributed by atoms with Crippen LogP contribution in [0.1, 0.15) is 44.2 Å². The normalized spacial score (nSPS) is 11.2. The Balaban J connectivity index is 2.07. The number of ether oxygens (including phenoxy) is 1. The van der Waals surface area contributed by atoms with Gasteiger partial charge in [0.1, 0.15) is 5.69 Å². The molecule has 0 unspecified atom stereocenters. The summed E-state index contributed by atoms with van der Waals surface area (Å²) in [5.74, 6) is -2.03.